The highest BCUT2D eigenvalue weighted by Crippen LogP contribution is 2.25. The third kappa shape index (κ3) is 2.59. The van der Waals surface area contributed by atoms with Crippen molar-refractivity contribution < 1.29 is 9.68 Å². The summed E-state index contributed by atoms with van der Waals surface area (Å²) >= 11 is 1.56. The average Bonchev–Trinajstić information content (AvgIpc) is 2.93. The van der Waals surface area contributed by atoms with Gasteiger partial charge in [-0.2, -0.15) is 0 Å². The molecule has 0 aromatic heterocycles. The van der Waals surface area contributed by atoms with E-state index in [4.69, 9.17) is 4.65 Å². The lowest BCUT2D eigenvalue weighted by molar-refractivity contribution is 0.275. The Labute approximate surface area is 133 Å². The minimum atomic E-state index is -0.803. The maximum Gasteiger partial charge on any atom is 0.491 e. The van der Waals surface area contributed by atoms with Crippen molar-refractivity contribution in [3.63, 3.8) is 0 Å². The summed E-state index contributed by atoms with van der Waals surface area (Å²) in [7, 11) is -0.803. The summed E-state index contributed by atoms with van der Waals surface area (Å²) in [4.78, 5) is 1.15. The Morgan fingerprint density at radius 3 is 2.77 bits per heavy atom. The first-order valence-corrected chi connectivity index (χ1v) is 7.95. The monoisotopic (exact) mass is 307 g/mol. The average molecular weight is 307 g/mol. The van der Waals surface area contributed by atoms with Crippen LogP contribution in [-0.4, -0.2) is 12.1 Å². The van der Waals surface area contributed by atoms with E-state index in [9.17, 15) is 5.02 Å². The largest absolute Gasteiger partial charge is 0.491 e. The van der Waals surface area contributed by atoms with Gasteiger partial charge in [-0.25, -0.2) is 0 Å². The predicted molar refractivity (Wildman–Crippen MR) is 92.3 cm³/mol. The summed E-state index contributed by atoms with van der Waals surface area (Å²) in [5.74, 6) is 0. The molecule has 0 bridgehead atoms. The van der Waals surface area contributed by atoms with E-state index in [2.05, 4.69) is 35.1 Å². The first-order valence-electron chi connectivity index (χ1n) is 7.14. The number of hydrogen-bond donors (Lipinski definition) is 2. The summed E-state index contributed by atoms with van der Waals surface area (Å²) in [6.07, 6.45) is 0. The van der Waals surface area contributed by atoms with Crippen LogP contribution >= 0.6 is 11.9 Å². The van der Waals surface area contributed by atoms with Gasteiger partial charge in [0, 0.05) is 10.6 Å². The van der Waals surface area contributed by atoms with Crippen LogP contribution in [0.3, 0.4) is 0 Å². The number of rotatable bonds is 3. The highest BCUT2D eigenvalue weighted by atomic mass is 32.2. The van der Waals surface area contributed by atoms with E-state index < -0.39 is 7.12 Å². The molecule has 3 aromatic rings. The SMILES string of the molecule is OB1OCc2ccc(NSc3ccc4ccccc4c3)cc21. The molecule has 0 spiro atoms. The van der Waals surface area contributed by atoms with Crippen LogP contribution in [0.2, 0.25) is 0 Å². The molecular weight excluding hydrogens is 293 g/mol. The van der Waals surface area contributed by atoms with Gasteiger partial charge in [0.2, 0.25) is 0 Å². The van der Waals surface area contributed by atoms with E-state index in [1.165, 1.54) is 10.8 Å². The van der Waals surface area contributed by atoms with Crippen molar-refractivity contribution in [3.8, 4) is 0 Å². The fourth-order valence-electron chi connectivity index (χ4n) is 2.63. The Hall–Kier alpha value is -1.95. The van der Waals surface area contributed by atoms with Crippen LogP contribution in [0.5, 0.6) is 0 Å². The molecule has 0 saturated carbocycles. The molecule has 4 rings (SSSR count). The molecule has 1 heterocycles. The van der Waals surface area contributed by atoms with Crippen molar-refractivity contribution >= 4 is 41.0 Å². The molecule has 1 aliphatic heterocycles. The van der Waals surface area contributed by atoms with Crippen molar-refractivity contribution in [2.45, 2.75) is 11.5 Å². The van der Waals surface area contributed by atoms with Crippen LogP contribution in [0.15, 0.2) is 65.6 Å². The van der Waals surface area contributed by atoms with Crippen molar-refractivity contribution in [1.29, 1.82) is 0 Å². The second-order valence-corrected chi connectivity index (χ2v) is 6.17. The fourth-order valence-corrected chi connectivity index (χ4v) is 3.31. The van der Waals surface area contributed by atoms with E-state index in [0.29, 0.717) is 6.61 Å². The van der Waals surface area contributed by atoms with Crippen LogP contribution < -0.4 is 10.2 Å². The van der Waals surface area contributed by atoms with Gasteiger partial charge in [0.25, 0.3) is 0 Å². The van der Waals surface area contributed by atoms with E-state index >= 15 is 0 Å². The molecule has 0 unspecified atom stereocenters. The standard InChI is InChI=1S/C17H14BNO2S/c20-18-17-10-15(7-5-14(17)11-21-18)19-22-16-8-6-12-3-1-2-4-13(12)9-16/h1-10,19-20H,11H2. The summed E-state index contributed by atoms with van der Waals surface area (Å²) < 4.78 is 8.54. The van der Waals surface area contributed by atoms with Crippen LogP contribution in [-0.2, 0) is 11.3 Å². The van der Waals surface area contributed by atoms with Gasteiger partial charge >= 0.3 is 7.12 Å². The fraction of sp³-hybridized carbons (Fsp3) is 0.0588. The van der Waals surface area contributed by atoms with Gasteiger partial charge in [0.15, 0.2) is 0 Å². The Morgan fingerprint density at radius 2 is 1.86 bits per heavy atom. The Morgan fingerprint density at radius 1 is 1.00 bits per heavy atom. The first-order chi connectivity index (χ1) is 10.8. The van der Waals surface area contributed by atoms with Crippen LogP contribution in [0, 0.1) is 0 Å². The molecule has 22 heavy (non-hydrogen) atoms. The normalized spacial score (nSPS) is 13.4. The highest BCUT2D eigenvalue weighted by molar-refractivity contribution is 8.00. The Bertz CT molecular complexity index is 840. The summed E-state index contributed by atoms with van der Waals surface area (Å²) in [5, 5.41) is 12.2. The van der Waals surface area contributed by atoms with Crippen molar-refractivity contribution in [2.24, 2.45) is 0 Å². The molecule has 0 atom stereocenters. The van der Waals surface area contributed by atoms with Crippen molar-refractivity contribution in [2.75, 3.05) is 4.72 Å². The first kappa shape index (κ1) is 13.7. The minimum Gasteiger partial charge on any atom is -0.423 e. The second kappa shape index (κ2) is 5.68. The zero-order valence-corrected chi connectivity index (χ0v) is 12.6. The van der Waals surface area contributed by atoms with Gasteiger partial charge < -0.3 is 14.4 Å². The molecule has 3 aromatic carbocycles. The summed E-state index contributed by atoms with van der Waals surface area (Å²) in [6, 6.07) is 20.7. The van der Waals surface area contributed by atoms with E-state index in [1.807, 2.05) is 30.3 Å². The molecule has 0 amide bonds. The molecular formula is C17H14BNO2S. The molecule has 0 aliphatic carbocycles. The Balaban J connectivity index is 1.53. The van der Waals surface area contributed by atoms with Crippen molar-refractivity contribution in [3.05, 3.63) is 66.2 Å². The van der Waals surface area contributed by atoms with Crippen LogP contribution in [0.4, 0.5) is 5.69 Å². The molecule has 3 nitrogen and oxygen atoms in total. The van der Waals surface area contributed by atoms with Gasteiger partial charge in [-0.05, 0) is 58.0 Å². The summed E-state index contributed by atoms with van der Waals surface area (Å²) in [6.45, 7) is 0.481. The zero-order valence-electron chi connectivity index (χ0n) is 11.8. The number of anilines is 1. The number of hydrogen-bond acceptors (Lipinski definition) is 4. The van der Waals surface area contributed by atoms with Crippen LogP contribution in [0.25, 0.3) is 10.8 Å². The van der Waals surface area contributed by atoms with Gasteiger partial charge in [-0.3, -0.25) is 0 Å². The number of nitrogens with one attached hydrogen (secondary N) is 1. The smallest absolute Gasteiger partial charge is 0.423 e. The molecule has 2 N–H and O–H groups in total. The molecule has 0 saturated heterocycles. The van der Waals surface area contributed by atoms with Gasteiger partial charge in [-0.15, -0.1) is 0 Å². The van der Waals surface area contributed by atoms with Gasteiger partial charge in [0.1, 0.15) is 0 Å². The zero-order chi connectivity index (χ0) is 14.9. The van der Waals surface area contributed by atoms with Gasteiger partial charge in [-0.1, -0.05) is 36.4 Å². The number of fused-ring (bicyclic) bond motifs is 2. The molecule has 108 valence electrons. The predicted octanol–water partition coefficient (Wildman–Crippen LogP) is 3.18. The summed E-state index contributed by atoms with van der Waals surface area (Å²) in [5.41, 5.74) is 2.86. The molecule has 1 aliphatic rings. The van der Waals surface area contributed by atoms with Crippen molar-refractivity contribution in [1.82, 2.24) is 0 Å². The lowest BCUT2D eigenvalue weighted by Gasteiger charge is -2.08. The third-order valence-corrected chi connectivity index (χ3v) is 4.64. The van der Waals surface area contributed by atoms with Gasteiger partial charge in [0.05, 0.1) is 6.61 Å². The molecule has 0 radical (unpaired) electrons. The lowest BCUT2D eigenvalue weighted by Crippen LogP contribution is -2.28. The Kier molecular flexibility index (Phi) is 3.54. The second-order valence-electron chi connectivity index (χ2n) is 5.29. The third-order valence-electron chi connectivity index (χ3n) is 3.82. The van der Waals surface area contributed by atoms with E-state index in [1.54, 1.807) is 11.9 Å². The quantitative estimate of drug-likeness (QED) is 0.576. The van der Waals surface area contributed by atoms with E-state index in [-0.39, 0.29) is 0 Å². The highest BCUT2D eigenvalue weighted by Gasteiger charge is 2.27. The minimum absolute atomic E-state index is 0.481. The maximum absolute atomic E-state index is 9.75. The number of benzene rings is 3. The van der Waals surface area contributed by atoms with E-state index in [0.717, 1.165) is 21.6 Å². The van der Waals surface area contributed by atoms with Crippen LogP contribution in [0.1, 0.15) is 5.56 Å². The molecule has 5 heteroatoms. The molecule has 0 fully saturated rings. The topological polar surface area (TPSA) is 41.5 Å². The lowest BCUT2D eigenvalue weighted by atomic mass is 9.79. The maximum atomic E-state index is 9.75.